The SMILES string of the molecule is Cc1cc(C(=O)NCC(O)COc2ccc(F)cc2)c2[nH]ncc2c1. The largest absolute Gasteiger partial charge is 0.491 e. The first-order valence-corrected chi connectivity index (χ1v) is 7.81. The standard InChI is InChI=1S/C18H18FN3O3/c1-11-6-12-8-21-22-17(12)16(7-11)18(24)20-9-14(23)10-25-15-4-2-13(19)3-5-15/h2-8,14,23H,9-10H2,1H3,(H,20,24)(H,21,22). The number of carbonyl (C=O) groups is 1. The van der Waals surface area contributed by atoms with E-state index >= 15 is 0 Å². The number of ether oxygens (including phenoxy) is 1. The number of aliphatic hydroxyl groups excluding tert-OH is 1. The number of rotatable bonds is 6. The first-order chi connectivity index (χ1) is 12.0. The molecule has 1 amide bonds. The van der Waals surface area contributed by atoms with E-state index in [1.807, 2.05) is 13.0 Å². The summed E-state index contributed by atoms with van der Waals surface area (Å²) in [6.45, 7) is 1.91. The smallest absolute Gasteiger partial charge is 0.253 e. The number of H-pyrrole nitrogens is 1. The van der Waals surface area contributed by atoms with Crippen LogP contribution in [0.4, 0.5) is 4.39 Å². The van der Waals surface area contributed by atoms with Gasteiger partial charge in [0, 0.05) is 11.9 Å². The van der Waals surface area contributed by atoms with E-state index in [0.29, 0.717) is 16.8 Å². The Kier molecular flexibility index (Phi) is 4.95. The van der Waals surface area contributed by atoms with Crippen LogP contribution in [0.25, 0.3) is 10.9 Å². The van der Waals surface area contributed by atoms with Gasteiger partial charge in [-0.1, -0.05) is 0 Å². The van der Waals surface area contributed by atoms with Gasteiger partial charge in [0.15, 0.2) is 0 Å². The van der Waals surface area contributed by atoms with Gasteiger partial charge in [0.25, 0.3) is 5.91 Å². The molecule has 130 valence electrons. The van der Waals surface area contributed by atoms with Crippen molar-refractivity contribution in [3.05, 3.63) is 59.5 Å². The van der Waals surface area contributed by atoms with Crippen LogP contribution in [0, 0.1) is 12.7 Å². The van der Waals surface area contributed by atoms with Gasteiger partial charge in [-0.3, -0.25) is 9.89 Å². The summed E-state index contributed by atoms with van der Waals surface area (Å²) in [5.41, 5.74) is 2.07. The van der Waals surface area contributed by atoms with E-state index in [1.54, 1.807) is 12.3 Å². The molecule has 0 radical (unpaired) electrons. The third-order valence-corrected chi connectivity index (χ3v) is 3.69. The molecule has 6 nitrogen and oxygen atoms in total. The number of hydrogen-bond acceptors (Lipinski definition) is 4. The van der Waals surface area contributed by atoms with E-state index in [-0.39, 0.29) is 24.9 Å². The molecule has 0 saturated carbocycles. The Hall–Kier alpha value is -2.93. The van der Waals surface area contributed by atoms with Crippen molar-refractivity contribution >= 4 is 16.8 Å². The monoisotopic (exact) mass is 343 g/mol. The van der Waals surface area contributed by atoms with Gasteiger partial charge in [-0.15, -0.1) is 0 Å². The Balaban J connectivity index is 1.56. The molecule has 25 heavy (non-hydrogen) atoms. The van der Waals surface area contributed by atoms with Crippen molar-refractivity contribution in [2.45, 2.75) is 13.0 Å². The second-order valence-corrected chi connectivity index (χ2v) is 5.78. The Bertz CT molecular complexity index is 877. The highest BCUT2D eigenvalue weighted by atomic mass is 19.1. The van der Waals surface area contributed by atoms with Gasteiger partial charge in [-0.2, -0.15) is 5.10 Å². The van der Waals surface area contributed by atoms with E-state index in [2.05, 4.69) is 15.5 Å². The third kappa shape index (κ3) is 4.13. The zero-order valence-electron chi connectivity index (χ0n) is 13.6. The number of carbonyl (C=O) groups excluding carboxylic acids is 1. The molecule has 0 saturated heterocycles. The third-order valence-electron chi connectivity index (χ3n) is 3.69. The Morgan fingerprint density at radius 1 is 1.36 bits per heavy atom. The predicted octanol–water partition coefficient (Wildman–Crippen LogP) is 2.18. The van der Waals surface area contributed by atoms with Crippen LogP contribution in [0.15, 0.2) is 42.6 Å². The van der Waals surface area contributed by atoms with Crippen molar-refractivity contribution < 1.29 is 19.0 Å². The van der Waals surface area contributed by atoms with Gasteiger partial charge >= 0.3 is 0 Å². The number of nitrogens with zero attached hydrogens (tertiary/aromatic N) is 1. The van der Waals surface area contributed by atoms with Crippen molar-refractivity contribution in [1.29, 1.82) is 0 Å². The number of aryl methyl sites for hydroxylation is 1. The van der Waals surface area contributed by atoms with Crippen molar-refractivity contribution in [2.75, 3.05) is 13.2 Å². The van der Waals surface area contributed by atoms with Crippen LogP contribution < -0.4 is 10.1 Å². The fourth-order valence-corrected chi connectivity index (χ4v) is 2.47. The van der Waals surface area contributed by atoms with Crippen LogP contribution >= 0.6 is 0 Å². The van der Waals surface area contributed by atoms with Gasteiger partial charge in [0.1, 0.15) is 24.3 Å². The van der Waals surface area contributed by atoms with Crippen molar-refractivity contribution in [1.82, 2.24) is 15.5 Å². The van der Waals surface area contributed by atoms with E-state index in [0.717, 1.165) is 10.9 Å². The summed E-state index contributed by atoms with van der Waals surface area (Å²) in [6, 6.07) is 9.19. The molecule has 3 rings (SSSR count). The van der Waals surface area contributed by atoms with Gasteiger partial charge in [0.05, 0.1) is 17.3 Å². The Morgan fingerprint density at radius 3 is 2.88 bits per heavy atom. The van der Waals surface area contributed by atoms with E-state index < -0.39 is 6.10 Å². The Labute approximate surface area is 143 Å². The molecule has 1 aromatic heterocycles. The summed E-state index contributed by atoms with van der Waals surface area (Å²) in [4.78, 5) is 12.4. The molecule has 3 N–H and O–H groups in total. The molecule has 1 heterocycles. The van der Waals surface area contributed by atoms with Gasteiger partial charge in [-0.25, -0.2) is 4.39 Å². The molecular weight excluding hydrogens is 325 g/mol. The lowest BCUT2D eigenvalue weighted by molar-refractivity contribution is 0.0844. The Morgan fingerprint density at radius 2 is 2.12 bits per heavy atom. The van der Waals surface area contributed by atoms with E-state index in [4.69, 9.17) is 4.74 Å². The number of aromatic amines is 1. The molecule has 1 unspecified atom stereocenters. The molecule has 1 atom stereocenters. The van der Waals surface area contributed by atoms with Crippen LogP contribution in [0.3, 0.4) is 0 Å². The van der Waals surface area contributed by atoms with Crippen molar-refractivity contribution in [3.63, 3.8) is 0 Å². The van der Waals surface area contributed by atoms with Crippen LogP contribution in [0.2, 0.25) is 0 Å². The lowest BCUT2D eigenvalue weighted by Gasteiger charge is -2.14. The van der Waals surface area contributed by atoms with Crippen LogP contribution in [-0.4, -0.2) is 40.5 Å². The highest BCUT2D eigenvalue weighted by Gasteiger charge is 2.14. The zero-order chi connectivity index (χ0) is 17.8. The number of aliphatic hydroxyl groups is 1. The van der Waals surface area contributed by atoms with E-state index in [1.165, 1.54) is 24.3 Å². The molecular formula is C18H18FN3O3. The first kappa shape index (κ1) is 16.9. The summed E-state index contributed by atoms with van der Waals surface area (Å²) in [5.74, 6) is -0.216. The number of fused-ring (bicyclic) bond motifs is 1. The first-order valence-electron chi connectivity index (χ1n) is 7.81. The fourth-order valence-electron chi connectivity index (χ4n) is 2.47. The lowest BCUT2D eigenvalue weighted by atomic mass is 10.1. The maximum Gasteiger partial charge on any atom is 0.253 e. The molecule has 0 spiro atoms. The van der Waals surface area contributed by atoms with Crippen LogP contribution in [-0.2, 0) is 0 Å². The number of halogens is 1. The predicted molar refractivity (Wildman–Crippen MR) is 91.1 cm³/mol. The lowest BCUT2D eigenvalue weighted by Crippen LogP contribution is -2.35. The second kappa shape index (κ2) is 7.31. The molecule has 2 aromatic carbocycles. The minimum Gasteiger partial charge on any atom is -0.491 e. The highest BCUT2D eigenvalue weighted by molar-refractivity contribution is 6.05. The molecule has 0 fully saturated rings. The van der Waals surface area contributed by atoms with Crippen molar-refractivity contribution in [3.8, 4) is 5.75 Å². The average molecular weight is 343 g/mol. The average Bonchev–Trinajstić information content (AvgIpc) is 3.06. The summed E-state index contributed by atoms with van der Waals surface area (Å²) in [7, 11) is 0. The van der Waals surface area contributed by atoms with Gasteiger partial charge in [-0.05, 0) is 48.9 Å². The normalized spacial score (nSPS) is 12.1. The number of amides is 1. The minimum absolute atomic E-state index is 0.0147. The number of aromatic nitrogens is 2. The number of benzene rings is 2. The number of nitrogens with one attached hydrogen (secondary N) is 2. The summed E-state index contributed by atoms with van der Waals surface area (Å²) >= 11 is 0. The minimum atomic E-state index is -0.893. The fraction of sp³-hybridized carbons (Fsp3) is 0.222. The van der Waals surface area contributed by atoms with Crippen LogP contribution in [0.1, 0.15) is 15.9 Å². The van der Waals surface area contributed by atoms with E-state index in [9.17, 15) is 14.3 Å². The van der Waals surface area contributed by atoms with Crippen molar-refractivity contribution in [2.24, 2.45) is 0 Å². The summed E-state index contributed by atoms with van der Waals surface area (Å²) in [5, 5.41) is 20.2. The molecule has 0 aliphatic heterocycles. The summed E-state index contributed by atoms with van der Waals surface area (Å²) in [6.07, 6.45) is 0.765. The van der Waals surface area contributed by atoms with Crippen LogP contribution in [0.5, 0.6) is 5.75 Å². The molecule has 0 aliphatic carbocycles. The number of hydrogen-bond donors (Lipinski definition) is 3. The quantitative estimate of drug-likeness (QED) is 0.640. The highest BCUT2D eigenvalue weighted by Crippen LogP contribution is 2.18. The zero-order valence-corrected chi connectivity index (χ0v) is 13.6. The molecule has 0 bridgehead atoms. The topological polar surface area (TPSA) is 87.2 Å². The second-order valence-electron chi connectivity index (χ2n) is 5.78. The van der Waals surface area contributed by atoms with Gasteiger partial charge in [0.2, 0.25) is 0 Å². The van der Waals surface area contributed by atoms with Gasteiger partial charge < -0.3 is 15.2 Å². The maximum atomic E-state index is 12.8. The maximum absolute atomic E-state index is 12.8. The molecule has 0 aliphatic rings. The summed E-state index contributed by atoms with van der Waals surface area (Å²) < 4.78 is 18.2. The molecule has 7 heteroatoms. The molecule has 3 aromatic rings.